The van der Waals surface area contributed by atoms with Crippen molar-refractivity contribution in [2.24, 2.45) is 0 Å². The van der Waals surface area contributed by atoms with Gasteiger partial charge in [0.15, 0.2) is 5.11 Å². The van der Waals surface area contributed by atoms with Gasteiger partial charge in [-0.2, -0.15) is 0 Å². The maximum Gasteiger partial charge on any atom is 0.341 e. The van der Waals surface area contributed by atoms with E-state index in [-0.39, 0.29) is 22.4 Å². The number of para-hydroxylation sites is 2. The first kappa shape index (κ1) is 30.8. The molecule has 216 valence electrons. The van der Waals surface area contributed by atoms with Gasteiger partial charge in [0.2, 0.25) is 5.91 Å². The molecule has 3 aromatic carbocycles. The minimum Gasteiger partial charge on any atom is -0.465 e. The molecule has 0 saturated heterocycles. The van der Waals surface area contributed by atoms with Crippen molar-refractivity contribution in [3.63, 3.8) is 0 Å². The third-order valence-electron chi connectivity index (χ3n) is 6.08. The number of hydrogen-bond donors (Lipinski definition) is 4. The number of amides is 2. The summed E-state index contributed by atoms with van der Waals surface area (Å²) in [6, 6.07) is 26.2. The molecular weight excluding hydrogens is 589 g/mol. The fourth-order valence-electron chi connectivity index (χ4n) is 4.02. The molecule has 0 aliphatic rings. The molecule has 1 atom stereocenters. The Kier molecular flexibility index (Phi) is 10.7. The molecule has 1 aromatic heterocycles. The van der Waals surface area contributed by atoms with Crippen LogP contribution in [0.4, 0.5) is 22.1 Å². The predicted octanol–water partition coefficient (Wildman–Crippen LogP) is 7.41. The monoisotopic (exact) mass is 618 g/mol. The number of thioether (sulfide) groups is 1. The van der Waals surface area contributed by atoms with Gasteiger partial charge in [-0.15, -0.1) is 23.1 Å². The summed E-state index contributed by atoms with van der Waals surface area (Å²) < 4.78 is 4.97. The van der Waals surface area contributed by atoms with Crippen molar-refractivity contribution in [2.75, 3.05) is 28.4 Å². The molecule has 0 saturated carbocycles. The van der Waals surface area contributed by atoms with Gasteiger partial charge < -0.3 is 26.0 Å². The van der Waals surface area contributed by atoms with Crippen LogP contribution in [-0.4, -0.2) is 35.3 Å². The Labute approximate surface area is 258 Å². The minimum atomic E-state index is -0.627. The summed E-state index contributed by atoms with van der Waals surface area (Å²) in [5.41, 5.74) is 2.88. The lowest BCUT2D eigenvalue weighted by atomic mass is 10.1. The van der Waals surface area contributed by atoms with E-state index in [0.29, 0.717) is 27.7 Å². The molecule has 0 bridgehead atoms. The number of anilines is 4. The van der Waals surface area contributed by atoms with E-state index in [0.717, 1.165) is 27.6 Å². The summed E-state index contributed by atoms with van der Waals surface area (Å²) >= 11 is 7.88. The van der Waals surface area contributed by atoms with E-state index in [9.17, 15) is 14.4 Å². The molecule has 0 aliphatic carbocycles. The lowest BCUT2D eigenvalue weighted by molar-refractivity contribution is -0.115. The van der Waals surface area contributed by atoms with Crippen molar-refractivity contribution < 1.29 is 19.1 Å². The number of hydrogen-bond acceptors (Lipinski definition) is 7. The number of benzene rings is 3. The maximum atomic E-state index is 13.4. The number of ether oxygens (including phenoxy) is 1. The van der Waals surface area contributed by atoms with Crippen LogP contribution in [0.1, 0.15) is 38.9 Å². The van der Waals surface area contributed by atoms with Crippen LogP contribution in [0.3, 0.4) is 0 Å². The van der Waals surface area contributed by atoms with Crippen LogP contribution in [0.5, 0.6) is 0 Å². The van der Waals surface area contributed by atoms with E-state index in [1.165, 1.54) is 18.9 Å². The molecule has 4 N–H and O–H groups in total. The fourth-order valence-corrected chi connectivity index (χ4v) is 6.36. The van der Waals surface area contributed by atoms with Gasteiger partial charge in [-0.25, -0.2) is 4.79 Å². The first-order valence-electron chi connectivity index (χ1n) is 13.1. The summed E-state index contributed by atoms with van der Waals surface area (Å²) in [7, 11) is 1.27. The van der Waals surface area contributed by atoms with Crippen molar-refractivity contribution >= 4 is 80.3 Å². The van der Waals surface area contributed by atoms with Crippen LogP contribution in [0.15, 0.2) is 89.8 Å². The third-order valence-corrected chi connectivity index (χ3v) is 8.84. The van der Waals surface area contributed by atoms with Crippen molar-refractivity contribution in [2.45, 2.75) is 30.4 Å². The van der Waals surface area contributed by atoms with Crippen molar-refractivity contribution in [1.82, 2.24) is 0 Å². The van der Waals surface area contributed by atoms with Crippen molar-refractivity contribution in [3.05, 3.63) is 101 Å². The van der Waals surface area contributed by atoms with Crippen LogP contribution in [0, 0.1) is 6.92 Å². The molecule has 4 rings (SSSR count). The molecule has 0 spiro atoms. The molecule has 0 fully saturated rings. The normalized spacial score (nSPS) is 11.2. The number of carbonyl (C=O) groups is 3. The average Bonchev–Trinajstić information content (AvgIpc) is 3.31. The Morgan fingerprint density at radius 2 is 1.45 bits per heavy atom. The lowest BCUT2D eigenvalue weighted by Gasteiger charge is -2.16. The first-order valence-corrected chi connectivity index (χ1v) is 15.2. The Morgan fingerprint density at radius 1 is 0.857 bits per heavy atom. The number of thiophene rings is 1. The van der Waals surface area contributed by atoms with Crippen LogP contribution >= 0.6 is 35.3 Å². The van der Waals surface area contributed by atoms with E-state index in [4.69, 9.17) is 17.0 Å². The molecule has 0 radical (unpaired) electrons. The van der Waals surface area contributed by atoms with E-state index < -0.39 is 11.2 Å². The van der Waals surface area contributed by atoms with Crippen molar-refractivity contribution in [3.8, 4) is 0 Å². The number of esters is 1. The third kappa shape index (κ3) is 7.96. The summed E-state index contributed by atoms with van der Waals surface area (Å²) in [6.07, 6.45) is 0.529. The zero-order chi connectivity index (χ0) is 30.1. The van der Waals surface area contributed by atoms with Gasteiger partial charge in [-0.3, -0.25) is 9.59 Å². The summed E-state index contributed by atoms with van der Waals surface area (Å²) in [6.45, 7) is 3.58. The Hall–Kier alpha value is -4.19. The molecule has 11 heteroatoms. The van der Waals surface area contributed by atoms with Crippen LogP contribution in [0.2, 0.25) is 0 Å². The van der Waals surface area contributed by atoms with Crippen LogP contribution < -0.4 is 21.3 Å². The van der Waals surface area contributed by atoms with E-state index in [1.54, 1.807) is 19.1 Å². The standard InChI is InChI=1S/C31H30N4O4S3/c1-4-24(41-23-17-11-16-22(18-23)34-31(40)33-21-14-9-6-10-15-21)27(36)35-29-25(30(38)39-3)19(2)26(42-29)28(37)32-20-12-7-5-8-13-20/h5-18,24H,4H2,1-3H3,(H,32,37)(H,35,36)(H2,33,34,40). The second-order valence-electron chi connectivity index (χ2n) is 9.05. The predicted molar refractivity (Wildman–Crippen MR) is 176 cm³/mol. The van der Waals surface area contributed by atoms with Crippen LogP contribution in [0.25, 0.3) is 0 Å². The van der Waals surface area contributed by atoms with E-state index in [2.05, 4.69) is 21.3 Å². The van der Waals surface area contributed by atoms with Crippen LogP contribution in [-0.2, 0) is 9.53 Å². The number of carbonyl (C=O) groups excluding carboxylic acids is 3. The average molecular weight is 619 g/mol. The van der Waals surface area contributed by atoms with Gasteiger partial charge >= 0.3 is 5.97 Å². The number of methoxy groups -OCH3 is 1. The fraction of sp³-hybridized carbons (Fsp3) is 0.161. The highest BCUT2D eigenvalue weighted by Gasteiger charge is 2.28. The molecule has 8 nitrogen and oxygen atoms in total. The van der Waals surface area contributed by atoms with Gasteiger partial charge in [0.25, 0.3) is 5.91 Å². The number of rotatable bonds is 10. The molecule has 0 aliphatic heterocycles. The van der Waals surface area contributed by atoms with Gasteiger partial charge in [0.1, 0.15) is 5.00 Å². The highest BCUT2D eigenvalue weighted by atomic mass is 32.2. The number of thiocarbonyl (C=S) groups is 1. The molecule has 4 aromatic rings. The highest BCUT2D eigenvalue weighted by molar-refractivity contribution is 8.00. The van der Waals surface area contributed by atoms with E-state index >= 15 is 0 Å². The molecular formula is C31H30N4O4S3. The summed E-state index contributed by atoms with van der Waals surface area (Å²) in [5, 5.41) is 12.3. The summed E-state index contributed by atoms with van der Waals surface area (Å²) in [4.78, 5) is 40.3. The van der Waals surface area contributed by atoms with E-state index in [1.807, 2.05) is 79.7 Å². The first-order chi connectivity index (χ1) is 20.3. The molecule has 42 heavy (non-hydrogen) atoms. The second-order valence-corrected chi connectivity index (χ2v) is 11.8. The molecule has 1 unspecified atom stereocenters. The molecule has 1 heterocycles. The summed E-state index contributed by atoms with van der Waals surface area (Å²) in [5.74, 6) is -1.29. The SMILES string of the molecule is CCC(Sc1cccc(NC(=S)Nc2ccccc2)c1)C(=O)Nc1sc(C(=O)Nc2ccccc2)c(C)c1C(=O)OC. The van der Waals surface area contributed by atoms with Gasteiger partial charge in [0.05, 0.1) is 22.8 Å². The maximum absolute atomic E-state index is 13.4. The van der Waals surface area contributed by atoms with Gasteiger partial charge in [-0.05, 0) is 73.6 Å². The topological polar surface area (TPSA) is 109 Å². The smallest absolute Gasteiger partial charge is 0.341 e. The van der Waals surface area contributed by atoms with Gasteiger partial charge in [-0.1, -0.05) is 49.4 Å². The lowest BCUT2D eigenvalue weighted by Crippen LogP contribution is -2.25. The Morgan fingerprint density at radius 3 is 2.07 bits per heavy atom. The Bertz CT molecular complexity index is 1580. The zero-order valence-electron chi connectivity index (χ0n) is 23.2. The molecule has 2 amide bonds. The van der Waals surface area contributed by atoms with Crippen molar-refractivity contribution in [1.29, 1.82) is 0 Å². The minimum absolute atomic E-state index is 0.166. The number of nitrogens with one attached hydrogen (secondary N) is 4. The quantitative estimate of drug-likeness (QED) is 0.0827. The Balaban J connectivity index is 1.47. The zero-order valence-corrected chi connectivity index (χ0v) is 25.7. The highest BCUT2D eigenvalue weighted by Crippen LogP contribution is 2.36. The second kappa shape index (κ2) is 14.6. The van der Waals surface area contributed by atoms with Gasteiger partial charge in [0, 0.05) is 22.0 Å². The largest absolute Gasteiger partial charge is 0.465 e.